The van der Waals surface area contributed by atoms with E-state index in [-0.39, 0.29) is 18.6 Å². The van der Waals surface area contributed by atoms with Gasteiger partial charge in [0.2, 0.25) is 0 Å². The minimum atomic E-state index is -1.02. The summed E-state index contributed by atoms with van der Waals surface area (Å²) < 4.78 is 16.7. The van der Waals surface area contributed by atoms with Crippen LogP contribution in [0.4, 0.5) is 0 Å². The average Bonchev–Trinajstić information content (AvgIpc) is 2.50. The molecule has 2 heterocycles. The highest BCUT2D eigenvalue weighted by Gasteiger charge is 2.56. The number of carbonyl (C=O) groups excluding carboxylic acids is 1. The van der Waals surface area contributed by atoms with Gasteiger partial charge < -0.3 is 24.8 Å². The molecule has 1 aromatic carbocycles. The van der Waals surface area contributed by atoms with E-state index < -0.39 is 11.6 Å². The molecule has 0 aromatic heterocycles. The van der Waals surface area contributed by atoms with Crippen LogP contribution in [0.5, 0.6) is 11.5 Å². The van der Waals surface area contributed by atoms with E-state index in [0.29, 0.717) is 16.6 Å². The Kier molecular flexibility index (Phi) is 3.89. The molecule has 6 nitrogen and oxygen atoms in total. The van der Waals surface area contributed by atoms with Crippen molar-refractivity contribution in [3.63, 3.8) is 0 Å². The van der Waals surface area contributed by atoms with Crippen LogP contribution < -0.4 is 20.1 Å². The smallest absolute Gasteiger partial charge is 0.317 e. The molecule has 1 aromatic rings. The molecule has 3 atom stereocenters. The molecule has 122 valence electrons. The summed E-state index contributed by atoms with van der Waals surface area (Å²) >= 11 is 5.25. The maximum Gasteiger partial charge on any atom is 0.317 e. The van der Waals surface area contributed by atoms with E-state index >= 15 is 0 Å². The zero-order chi connectivity index (χ0) is 16.6. The van der Waals surface area contributed by atoms with Gasteiger partial charge in [-0.3, -0.25) is 4.79 Å². The highest BCUT2D eigenvalue weighted by atomic mass is 32.1. The molecule has 0 aliphatic carbocycles. The molecule has 1 fully saturated rings. The first-order valence-corrected chi connectivity index (χ1v) is 7.63. The number of hydrogen-bond acceptors (Lipinski definition) is 5. The lowest BCUT2D eigenvalue weighted by atomic mass is 9.80. The molecule has 2 aliphatic rings. The summed E-state index contributed by atoms with van der Waals surface area (Å²) in [6.07, 6.45) is 1.53. The maximum atomic E-state index is 12.5. The fraction of sp³-hybridized carbons (Fsp3) is 0.375. The monoisotopic (exact) mass is 334 g/mol. The van der Waals surface area contributed by atoms with Crippen molar-refractivity contribution in [3.05, 3.63) is 36.4 Å². The number of ether oxygens (including phenoxy) is 3. The normalized spacial score (nSPS) is 27.7. The van der Waals surface area contributed by atoms with Gasteiger partial charge in [-0.25, -0.2) is 0 Å². The Morgan fingerprint density at radius 3 is 3.04 bits per heavy atom. The highest BCUT2D eigenvalue weighted by molar-refractivity contribution is 7.80. The number of methoxy groups -OCH3 is 1. The molecule has 0 spiro atoms. The summed E-state index contributed by atoms with van der Waals surface area (Å²) in [7, 11) is 1.58. The molecule has 2 aliphatic heterocycles. The molecular weight excluding hydrogens is 316 g/mol. The molecular formula is C16H18N2O4S. The first-order valence-electron chi connectivity index (χ1n) is 7.22. The number of nitrogens with one attached hydrogen (secondary N) is 2. The Labute approximate surface area is 139 Å². The largest absolute Gasteiger partial charge is 0.493 e. The van der Waals surface area contributed by atoms with E-state index in [1.165, 1.54) is 6.08 Å². The molecule has 0 amide bonds. The van der Waals surface area contributed by atoms with Crippen LogP contribution in [0.25, 0.3) is 0 Å². The van der Waals surface area contributed by atoms with Crippen LogP contribution in [0.1, 0.15) is 18.5 Å². The number of carbonyl (C=O) groups is 1. The van der Waals surface area contributed by atoms with Crippen LogP contribution in [-0.4, -0.2) is 30.5 Å². The van der Waals surface area contributed by atoms with Gasteiger partial charge >= 0.3 is 5.97 Å². The standard InChI is InChI=1S/C16H18N2O4S/c1-4-8-21-14(19)11-12-9-6-5-7-10(20-3)13(9)22-16(11,2)18-15(23)17-12/h4-7,11-12H,1,8H2,2-3H3,(H2,17,18,23). The van der Waals surface area contributed by atoms with E-state index in [2.05, 4.69) is 17.2 Å². The SMILES string of the molecule is C=CCOC(=O)C1C2NC(=S)NC1(C)Oc1c(OC)cccc12. The van der Waals surface area contributed by atoms with Crippen LogP contribution in [0, 0.1) is 5.92 Å². The first kappa shape index (κ1) is 15.6. The number of rotatable bonds is 4. The Morgan fingerprint density at radius 2 is 2.35 bits per heavy atom. The van der Waals surface area contributed by atoms with Crippen molar-refractivity contribution in [2.75, 3.05) is 13.7 Å². The van der Waals surface area contributed by atoms with Crippen molar-refractivity contribution in [2.45, 2.75) is 18.7 Å². The van der Waals surface area contributed by atoms with Gasteiger partial charge in [-0.1, -0.05) is 24.8 Å². The quantitative estimate of drug-likeness (QED) is 0.493. The summed E-state index contributed by atoms with van der Waals surface area (Å²) in [5, 5.41) is 6.61. The van der Waals surface area contributed by atoms with Gasteiger partial charge in [0.15, 0.2) is 22.3 Å². The second-order valence-electron chi connectivity index (χ2n) is 5.56. The lowest BCUT2D eigenvalue weighted by Crippen LogP contribution is -2.70. The van der Waals surface area contributed by atoms with E-state index in [1.807, 2.05) is 18.2 Å². The molecule has 23 heavy (non-hydrogen) atoms. The van der Waals surface area contributed by atoms with Gasteiger partial charge in [-0.15, -0.1) is 0 Å². The van der Waals surface area contributed by atoms with Crippen molar-refractivity contribution >= 4 is 23.3 Å². The van der Waals surface area contributed by atoms with Gasteiger partial charge in [0, 0.05) is 5.56 Å². The van der Waals surface area contributed by atoms with Crippen LogP contribution in [-0.2, 0) is 9.53 Å². The molecule has 2 bridgehead atoms. The highest BCUT2D eigenvalue weighted by Crippen LogP contribution is 2.48. The van der Waals surface area contributed by atoms with Crippen LogP contribution in [0.3, 0.4) is 0 Å². The van der Waals surface area contributed by atoms with E-state index in [0.717, 1.165) is 5.56 Å². The minimum Gasteiger partial charge on any atom is -0.493 e. The minimum absolute atomic E-state index is 0.146. The third-order valence-corrected chi connectivity index (χ3v) is 4.27. The Balaban J connectivity index is 2.07. The lowest BCUT2D eigenvalue weighted by molar-refractivity contribution is -0.161. The number of thiocarbonyl (C=S) groups is 1. The number of fused-ring (bicyclic) bond motifs is 4. The fourth-order valence-electron chi connectivity index (χ4n) is 3.08. The van der Waals surface area contributed by atoms with Crippen molar-refractivity contribution < 1.29 is 19.0 Å². The number of esters is 1. The van der Waals surface area contributed by atoms with Crippen molar-refractivity contribution in [1.29, 1.82) is 0 Å². The molecule has 2 N–H and O–H groups in total. The molecule has 3 unspecified atom stereocenters. The van der Waals surface area contributed by atoms with Gasteiger partial charge in [-0.2, -0.15) is 0 Å². The summed E-state index contributed by atoms with van der Waals surface area (Å²) in [6.45, 7) is 5.49. The summed E-state index contributed by atoms with van der Waals surface area (Å²) in [5.41, 5.74) is -0.210. The maximum absolute atomic E-state index is 12.5. The Morgan fingerprint density at radius 1 is 1.57 bits per heavy atom. The van der Waals surface area contributed by atoms with Gasteiger partial charge in [0.05, 0.1) is 13.2 Å². The number of benzene rings is 1. The predicted molar refractivity (Wildman–Crippen MR) is 88.3 cm³/mol. The fourth-order valence-corrected chi connectivity index (χ4v) is 3.41. The molecule has 3 rings (SSSR count). The van der Waals surface area contributed by atoms with Gasteiger partial charge in [-0.05, 0) is 25.2 Å². The van der Waals surface area contributed by atoms with Crippen molar-refractivity contribution in [3.8, 4) is 11.5 Å². The van der Waals surface area contributed by atoms with Crippen molar-refractivity contribution in [2.24, 2.45) is 5.92 Å². The van der Waals surface area contributed by atoms with Gasteiger partial charge in [0.25, 0.3) is 0 Å². The van der Waals surface area contributed by atoms with Crippen LogP contribution in [0.15, 0.2) is 30.9 Å². The van der Waals surface area contributed by atoms with Crippen molar-refractivity contribution in [1.82, 2.24) is 10.6 Å². The predicted octanol–water partition coefficient (Wildman–Crippen LogP) is 1.67. The Bertz CT molecular complexity index is 678. The average molecular weight is 334 g/mol. The third-order valence-electron chi connectivity index (χ3n) is 4.05. The molecule has 0 radical (unpaired) electrons. The van der Waals surface area contributed by atoms with Crippen LogP contribution in [0.2, 0.25) is 0 Å². The number of hydrogen-bond donors (Lipinski definition) is 2. The van der Waals surface area contributed by atoms with E-state index in [9.17, 15) is 4.79 Å². The van der Waals surface area contributed by atoms with Gasteiger partial charge in [0.1, 0.15) is 12.5 Å². The first-order chi connectivity index (χ1) is 11.0. The second-order valence-corrected chi connectivity index (χ2v) is 5.97. The molecule has 7 heteroatoms. The zero-order valence-corrected chi connectivity index (χ0v) is 13.7. The second kappa shape index (κ2) is 5.73. The summed E-state index contributed by atoms with van der Waals surface area (Å²) in [5.74, 6) is 0.216. The van der Waals surface area contributed by atoms with Crippen LogP contribution >= 0.6 is 12.2 Å². The zero-order valence-electron chi connectivity index (χ0n) is 12.9. The number of para-hydroxylation sites is 1. The topological polar surface area (TPSA) is 68.8 Å². The summed E-state index contributed by atoms with van der Waals surface area (Å²) in [6, 6.07) is 5.19. The van der Waals surface area contributed by atoms with E-state index in [4.69, 9.17) is 26.4 Å². The third kappa shape index (κ3) is 2.50. The van der Waals surface area contributed by atoms with E-state index in [1.54, 1.807) is 14.0 Å². The Hall–Kier alpha value is -2.28. The summed E-state index contributed by atoms with van der Waals surface area (Å²) in [4.78, 5) is 12.5. The lowest BCUT2D eigenvalue weighted by Gasteiger charge is -2.50. The molecule has 0 saturated carbocycles. The molecule has 1 saturated heterocycles.